The molecule has 1 aliphatic rings. The molecule has 1 atom stereocenters. The first-order valence-corrected chi connectivity index (χ1v) is 7.83. The van der Waals surface area contributed by atoms with E-state index in [4.69, 9.17) is 4.42 Å². The van der Waals surface area contributed by atoms with Crippen LogP contribution in [-0.2, 0) is 11.2 Å². The smallest absolute Gasteiger partial charge is 0.220 e. The average molecular weight is 294 g/mol. The Hall–Kier alpha value is -1.33. The molecule has 1 aromatic heterocycles. The molecule has 118 valence electrons. The highest BCUT2D eigenvalue weighted by Crippen LogP contribution is 2.15. The van der Waals surface area contributed by atoms with Gasteiger partial charge in [0.2, 0.25) is 5.91 Å². The van der Waals surface area contributed by atoms with Crippen LogP contribution in [0.25, 0.3) is 0 Å². The fourth-order valence-corrected chi connectivity index (χ4v) is 2.62. The van der Waals surface area contributed by atoms with Crippen molar-refractivity contribution in [3.63, 3.8) is 0 Å². The number of hydrogen-bond donors (Lipinski definition) is 2. The van der Waals surface area contributed by atoms with Gasteiger partial charge in [-0.15, -0.1) is 0 Å². The van der Waals surface area contributed by atoms with Crippen LogP contribution in [0.5, 0.6) is 0 Å². The molecule has 0 saturated carbocycles. The maximum atomic E-state index is 11.7. The number of piperidine rings is 1. The molecule has 1 aromatic rings. The molecule has 2 heterocycles. The third-order valence-corrected chi connectivity index (χ3v) is 4.06. The number of β-amino-alcohol motifs (C(OH)–C–C–N with tert-alkyl or cyclic N) is 1. The van der Waals surface area contributed by atoms with Crippen molar-refractivity contribution in [3.05, 3.63) is 24.2 Å². The number of nitrogens with one attached hydrogen (secondary N) is 1. The van der Waals surface area contributed by atoms with E-state index in [1.807, 2.05) is 12.1 Å². The van der Waals surface area contributed by atoms with E-state index in [1.54, 1.807) is 6.26 Å². The van der Waals surface area contributed by atoms with Crippen LogP contribution in [0.3, 0.4) is 0 Å². The van der Waals surface area contributed by atoms with Gasteiger partial charge < -0.3 is 19.7 Å². The van der Waals surface area contributed by atoms with E-state index >= 15 is 0 Å². The summed E-state index contributed by atoms with van der Waals surface area (Å²) in [6.45, 7) is 5.33. The molecule has 0 aliphatic carbocycles. The molecule has 0 radical (unpaired) electrons. The third kappa shape index (κ3) is 5.89. The van der Waals surface area contributed by atoms with Crippen LogP contribution in [0.4, 0.5) is 0 Å². The zero-order chi connectivity index (χ0) is 15.1. The van der Waals surface area contributed by atoms with Gasteiger partial charge in [-0.3, -0.25) is 4.79 Å². The number of carbonyl (C=O) groups is 1. The molecule has 0 aromatic carbocycles. The van der Waals surface area contributed by atoms with Crippen molar-refractivity contribution in [1.29, 1.82) is 0 Å². The minimum absolute atomic E-state index is 0.0438. The number of likely N-dealkylation sites (tertiary alicyclic amines) is 1. The molecule has 1 unspecified atom stereocenters. The summed E-state index contributed by atoms with van der Waals surface area (Å²) in [7, 11) is 0. The average Bonchev–Trinajstić information content (AvgIpc) is 2.99. The molecule has 5 heteroatoms. The van der Waals surface area contributed by atoms with Crippen LogP contribution >= 0.6 is 0 Å². The highest BCUT2D eigenvalue weighted by molar-refractivity contribution is 5.76. The monoisotopic (exact) mass is 294 g/mol. The molecule has 0 bridgehead atoms. The van der Waals surface area contributed by atoms with Gasteiger partial charge >= 0.3 is 0 Å². The van der Waals surface area contributed by atoms with Crippen LogP contribution in [-0.4, -0.2) is 48.2 Å². The molecule has 1 aliphatic heterocycles. The van der Waals surface area contributed by atoms with Crippen molar-refractivity contribution >= 4 is 5.91 Å². The van der Waals surface area contributed by atoms with Crippen molar-refractivity contribution in [2.45, 2.75) is 38.7 Å². The summed E-state index contributed by atoms with van der Waals surface area (Å²) in [6, 6.07) is 3.68. The zero-order valence-corrected chi connectivity index (χ0v) is 12.8. The van der Waals surface area contributed by atoms with Crippen LogP contribution in [0.2, 0.25) is 0 Å². The van der Waals surface area contributed by atoms with Crippen molar-refractivity contribution in [1.82, 2.24) is 10.2 Å². The second kappa shape index (κ2) is 8.20. The number of aryl methyl sites for hydroxylation is 1. The van der Waals surface area contributed by atoms with E-state index in [0.717, 1.165) is 24.8 Å². The molecule has 2 rings (SSSR count). The summed E-state index contributed by atoms with van der Waals surface area (Å²) in [5.41, 5.74) is 0. The van der Waals surface area contributed by atoms with Gasteiger partial charge in [-0.2, -0.15) is 0 Å². The Balaban J connectivity index is 1.57. The van der Waals surface area contributed by atoms with E-state index in [0.29, 0.717) is 25.9 Å². The Morgan fingerprint density at radius 3 is 2.95 bits per heavy atom. The van der Waals surface area contributed by atoms with E-state index in [9.17, 15) is 9.90 Å². The van der Waals surface area contributed by atoms with E-state index < -0.39 is 6.10 Å². The minimum Gasteiger partial charge on any atom is -0.469 e. The van der Waals surface area contributed by atoms with Crippen molar-refractivity contribution in [2.24, 2.45) is 5.92 Å². The third-order valence-electron chi connectivity index (χ3n) is 4.06. The predicted octanol–water partition coefficient (Wildman–Crippen LogP) is 1.42. The SMILES string of the molecule is CC1CCN(CC(O)CNC(=O)CCc2ccco2)CC1. The van der Waals surface area contributed by atoms with Crippen molar-refractivity contribution in [3.8, 4) is 0 Å². The standard InChI is InChI=1S/C16H26N2O3/c1-13-6-8-18(9-7-13)12-14(19)11-17-16(20)5-4-15-3-2-10-21-15/h2-3,10,13-14,19H,4-9,11-12H2,1H3,(H,17,20). The molecule has 5 nitrogen and oxygen atoms in total. The van der Waals surface area contributed by atoms with Crippen molar-refractivity contribution < 1.29 is 14.3 Å². The fourth-order valence-electron chi connectivity index (χ4n) is 2.62. The van der Waals surface area contributed by atoms with Gasteiger partial charge in [0.1, 0.15) is 5.76 Å². The quantitative estimate of drug-likeness (QED) is 0.798. The first kappa shape index (κ1) is 16.0. The Labute approximate surface area is 126 Å². The largest absolute Gasteiger partial charge is 0.469 e. The number of aliphatic hydroxyl groups is 1. The summed E-state index contributed by atoms with van der Waals surface area (Å²) >= 11 is 0. The van der Waals surface area contributed by atoms with Crippen LogP contribution in [0.15, 0.2) is 22.8 Å². The number of rotatable bonds is 7. The summed E-state index contributed by atoms with van der Waals surface area (Å²) in [4.78, 5) is 14.0. The van der Waals surface area contributed by atoms with E-state index in [1.165, 1.54) is 12.8 Å². The molecular formula is C16H26N2O3. The molecule has 0 spiro atoms. The maximum Gasteiger partial charge on any atom is 0.220 e. The normalized spacial score (nSPS) is 18.6. The predicted molar refractivity (Wildman–Crippen MR) is 80.9 cm³/mol. The van der Waals surface area contributed by atoms with Gasteiger partial charge in [0, 0.05) is 25.9 Å². The highest BCUT2D eigenvalue weighted by atomic mass is 16.3. The van der Waals surface area contributed by atoms with Gasteiger partial charge in [-0.25, -0.2) is 0 Å². The first-order chi connectivity index (χ1) is 10.1. The lowest BCUT2D eigenvalue weighted by molar-refractivity contribution is -0.121. The van der Waals surface area contributed by atoms with E-state index in [-0.39, 0.29) is 5.91 Å². The highest BCUT2D eigenvalue weighted by Gasteiger charge is 2.18. The summed E-state index contributed by atoms with van der Waals surface area (Å²) in [6.07, 6.45) is 4.49. The molecule has 1 saturated heterocycles. The Morgan fingerprint density at radius 2 is 2.29 bits per heavy atom. The second-order valence-electron chi connectivity index (χ2n) is 6.02. The fraction of sp³-hybridized carbons (Fsp3) is 0.688. The number of amides is 1. The Morgan fingerprint density at radius 1 is 1.52 bits per heavy atom. The first-order valence-electron chi connectivity index (χ1n) is 7.83. The number of furan rings is 1. The van der Waals surface area contributed by atoms with Gasteiger partial charge in [0.25, 0.3) is 0 Å². The number of hydrogen-bond acceptors (Lipinski definition) is 4. The van der Waals surface area contributed by atoms with Gasteiger partial charge in [0.05, 0.1) is 12.4 Å². The van der Waals surface area contributed by atoms with E-state index in [2.05, 4.69) is 17.1 Å². The second-order valence-corrected chi connectivity index (χ2v) is 6.02. The lowest BCUT2D eigenvalue weighted by Gasteiger charge is -2.31. The van der Waals surface area contributed by atoms with Crippen molar-refractivity contribution in [2.75, 3.05) is 26.2 Å². The van der Waals surface area contributed by atoms with Crippen LogP contribution in [0.1, 0.15) is 31.9 Å². The van der Waals surface area contributed by atoms with Crippen LogP contribution in [0, 0.1) is 5.92 Å². The van der Waals surface area contributed by atoms with Gasteiger partial charge in [-0.1, -0.05) is 6.92 Å². The molecule has 21 heavy (non-hydrogen) atoms. The molecule has 2 N–H and O–H groups in total. The zero-order valence-electron chi connectivity index (χ0n) is 12.8. The lowest BCUT2D eigenvalue weighted by atomic mass is 9.99. The minimum atomic E-state index is -0.494. The van der Waals surface area contributed by atoms with Crippen LogP contribution < -0.4 is 5.32 Å². The Kier molecular flexibility index (Phi) is 6.26. The summed E-state index contributed by atoms with van der Waals surface area (Å²) in [5.74, 6) is 1.56. The number of nitrogens with zero attached hydrogens (tertiary/aromatic N) is 1. The van der Waals surface area contributed by atoms with Gasteiger partial charge in [-0.05, 0) is 44.0 Å². The summed E-state index contributed by atoms with van der Waals surface area (Å²) in [5, 5.41) is 12.8. The maximum absolute atomic E-state index is 11.7. The number of aliphatic hydroxyl groups excluding tert-OH is 1. The lowest BCUT2D eigenvalue weighted by Crippen LogP contribution is -2.43. The summed E-state index contributed by atoms with van der Waals surface area (Å²) < 4.78 is 5.18. The van der Waals surface area contributed by atoms with Gasteiger partial charge in [0.15, 0.2) is 0 Å². The number of carbonyl (C=O) groups excluding carboxylic acids is 1. The molecule has 1 amide bonds. The molecule has 1 fully saturated rings. The Bertz CT molecular complexity index is 411. The molecular weight excluding hydrogens is 268 g/mol. The topological polar surface area (TPSA) is 65.7 Å².